The molecule has 104 valence electrons. The lowest BCUT2D eigenvalue weighted by Crippen LogP contribution is -1.94. The molecule has 1 aromatic heterocycles. The van der Waals surface area contributed by atoms with Crippen molar-refractivity contribution in [2.24, 2.45) is 0 Å². The zero-order valence-corrected chi connectivity index (χ0v) is 11.2. The first-order valence-corrected chi connectivity index (χ1v) is 6.92. The molecule has 0 saturated heterocycles. The monoisotopic (exact) mass is 272 g/mol. The number of allylic oxidation sites excluding steroid dienone is 2. The summed E-state index contributed by atoms with van der Waals surface area (Å²) in [6.07, 6.45) is 11.8. The van der Waals surface area contributed by atoms with Gasteiger partial charge in [-0.15, -0.1) is 0 Å². The molecule has 0 bridgehead atoms. The van der Waals surface area contributed by atoms with Gasteiger partial charge in [0.15, 0.2) is 0 Å². The molecule has 0 unspecified atom stereocenters. The summed E-state index contributed by atoms with van der Waals surface area (Å²) in [7, 11) is 0. The predicted molar refractivity (Wildman–Crippen MR) is 75.4 cm³/mol. The predicted octanol–water partition coefficient (Wildman–Crippen LogP) is 3.76. The summed E-state index contributed by atoms with van der Waals surface area (Å²) in [5.74, 6) is -0.560. The van der Waals surface area contributed by atoms with Crippen molar-refractivity contribution in [2.45, 2.75) is 32.1 Å². The van der Waals surface area contributed by atoms with Gasteiger partial charge in [0.2, 0.25) is 0 Å². The van der Waals surface area contributed by atoms with Crippen molar-refractivity contribution in [3.8, 4) is 11.4 Å². The number of aromatic nitrogens is 2. The molecule has 0 atom stereocenters. The molecular weight excluding hydrogens is 255 g/mol. The van der Waals surface area contributed by atoms with Gasteiger partial charge in [-0.2, -0.15) is 5.10 Å². The number of phenols is 1. The molecule has 1 saturated carbocycles. The van der Waals surface area contributed by atoms with Crippen molar-refractivity contribution in [1.29, 1.82) is 0 Å². The molecule has 4 heteroatoms. The van der Waals surface area contributed by atoms with Gasteiger partial charge in [-0.25, -0.2) is 9.07 Å². The van der Waals surface area contributed by atoms with Crippen molar-refractivity contribution in [3.63, 3.8) is 0 Å². The van der Waals surface area contributed by atoms with E-state index in [9.17, 15) is 9.50 Å². The summed E-state index contributed by atoms with van der Waals surface area (Å²) in [6.45, 7) is 0. The molecule has 1 fully saturated rings. The Morgan fingerprint density at radius 2 is 2.05 bits per heavy atom. The smallest absolute Gasteiger partial charge is 0.129 e. The van der Waals surface area contributed by atoms with Crippen molar-refractivity contribution in [3.05, 3.63) is 53.6 Å². The van der Waals surface area contributed by atoms with Crippen LogP contribution in [0, 0.1) is 5.82 Å². The minimum atomic E-state index is -0.467. The van der Waals surface area contributed by atoms with E-state index in [0.717, 1.165) is 18.1 Å². The molecule has 0 radical (unpaired) electrons. The van der Waals surface area contributed by atoms with E-state index in [-0.39, 0.29) is 5.75 Å². The molecule has 0 amide bonds. The number of halogens is 1. The Kier molecular flexibility index (Phi) is 3.54. The Hall–Kier alpha value is -2.10. The normalized spacial score (nSPS) is 14.8. The van der Waals surface area contributed by atoms with Crippen molar-refractivity contribution in [2.75, 3.05) is 0 Å². The van der Waals surface area contributed by atoms with E-state index in [1.54, 1.807) is 10.9 Å². The van der Waals surface area contributed by atoms with Crippen LogP contribution in [0.15, 0.2) is 42.2 Å². The number of aromatic hydroxyl groups is 1. The van der Waals surface area contributed by atoms with Gasteiger partial charge in [0, 0.05) is 18.3 Å². The quantitative estimate of drug-likeness (QED) is 0.864. The Balaban J connectivity index is 1.77. The molecule has 0 spiro atoms. The fourth-order valence-corrected chi connectivity index (χ4v) is 2.59. The average Bonchev–Trinajstić information content (AvgIpc) is 3.07. The minimum Gasteiger partial charge on any atom is -0.508 e. The summed E-state index contributed by atoms with van der Waals surface area (Å²) in [5, 5.41) is 13.6. The van der Waals surface area contributed by atoms with Crippen LogP contribution in [0.3, 0.4) is 0 Å². The van der Waals surface area contributed by atoms with Gasteiger partial charge < -0.3 is 5.11 Å². The first kappa shape index (κ1) is 12.9. The summed E-state index contributed by atoms with van der Waals surface area (Å²) in [5.41, 5.74) is 3.15. The van der Waals surface area contributed by atoms with E-state index in [2.05, 4.69) is 11.2 Å². The van der Waals surface area contributed by atoms with Crippen LogP contribution in [-0.4, -0.2) is 14.9 Å². The van der Waals surface area contributed by atoms with Gasteiger partial charge in [0.25, 0.3) is 0 Å². The number of rotatable bonds is 3. The molecule has 3 rings (SSSR count). The van der Waals surface area contributed by atoms with Gasteiger partial charge in [0.05, 0.1) is 11.9 Å². The van der Waals surface area contributed by atoms with E-state index in [0.29, 0.717) is 5.69 Å². The van der Waals surface area contributed by atoms with Gasteiger partial charge in [0.1, 0.15) is 11.6 Å². The lowest BCUT2D eigenvalue weighted by Gasteiger charge is -2.02. The standard InChI is InChI=1S/C16H17FN2O/c17-14-7-15(9-16(20)8-14)19-11-13(10-18-19)6-5-12-3-1-2-4-12/h5,7-11,20H,1-4,6H2. The number of benzene rings is 1. The Labute approximate surface area is 117 Å². The molecule has 20 heavy (non-hydrogen) atoms. The molecule has 1 N–H and O–H groups in total. The van der Waals surface area contributed by atoms with Crippen LogP contribution in [-0.2, 0) is 6.42 Å². The van der Waals surface area contributed by atoms with Gasteiger partial charge >= 0.3 is 0 Å². The van der Waals surface area contributed by atoms with Crippen LogP contribution < -0.4 is 0 Å². The van der Waals surface area contributed by atoms with Gasteiger partial charge in [-0.3, -0.25) is 0 Å². The second-order valence-electron chi connectivity index (χ2n) is 5.23. The molecule has 1 aromatic carbocycles. The van der Waals surface area contributed by atoms with Crippen molar-refractivity contribution in [1.82, 2.24) is 9.78 Å². The highest BCUT2D eigenvalue weighted by Gasteiger charge is 2.07. The molecule has 1 heterocycles. The van der Waals surface area contributed by atoms with E-state index in [1.165, 1.54) is 43.4 Å². The molecule has 0 aliphatic heterocycles. The lowest BCUT2D eigenvalue weighted by molar-refractivity contribution is 0.468. The largest absolute Gasteiger partial charge is 0.508 e. The van der Waals surface area contributed by atoms with Gasteiger partial charge in [-0.05, 0) is 43.7 Å². The number of phenolic OH excluding ortho intramolecular Hbond substituents is 1. The molecular formula is C16H17FN2O. The van der Waals surface area contributed by atoms with E-state index < -0.39 is 5.82 Å². The maximum atomic E-state index is 13.3. The second-order valence-corrected chi connectivity index (χ2v) is 5.23. The third kappa shape index (κ3) is 2.90. The number of nitrogens with zero attached hydrogens (tertiary/aromatic N) is 2. The zero-order chi connectivity index (χ0) is 13.9. The van der Waals surface area contributed by atoms with E-state index in [1.807, 2.05) is 6.20 Å². The van der Waals surface area contributed by atoms with Crippen LogP contribution in [0.2, 0.25) is 0 Å². The first-order chi connectivity index (χ1) is 9.70. The third-order valence-electron chi connectivity index (χ3n) is 3.64. The lowest BCUT2D eigenvalue weighted by atomic mass is 10.1. The fourth-order valence-electron chi connectivity index (χ4n) is 2.59. The third-order valence-corrected chi connectivity index (χ3v) is 3.64. The van der Waals surface area contributed by atoms with E-state index >= 15 is 0 Å². The highest BCUT2D eigenvalue weighted by atomic mass is 19.1. The van der Waals surface area contributed by atoms with Gasteiger partial charge in [-0.1, -0.05) is 11.6 Å². The van der Waals surface area contributed by atoms with Crippen molar-refractivity contribution >= 4 is 0 Å². The first-order valence-electron chi connectivity index (χ1n) is 6.92. The molecule has 3 nitrogen and oxygen atoms in total. The highest BCUT2D eigenvalue weighted by Crippen LogP contribution is 2.24. The summed E-state index contributed by atoms with van der Waals surface area (Å²) in [6, 6.07) is 3.93. The summed E-state index contributed by atoms with van der Waals surface area (Å²) < 4.78 is 14.9. The van der Waals surface area contributed by atoms with Crippen LogP contribution >= 0.6 is 0 Å². The zero-order valence-electron chi connectivity index (χ0n) is 11.2. The Morgan fingerprint density at radius 1 is 1.25 bits per heavy atom. The molecule has 1 aliphatic rings. The molecule has 2 aromatic rings. The maximum absolute atomic E-state index is 13.3. The van der Waals surface area contributed by atoms with Crippen molar-refractivity contribution < 1.29 is 9.50 Å². The Morgan fingerprint density at radius 3 is 2.80 bits per heavy atom. The number of hydrogen-bond donors (Lipinski definition) is 1. The highest BCUT2D eigenvalue weighted by molar-refractivity contribution is 5.39. The topological polar surface area (TPSA) is 38.0 Å². The SMILES string of the molecule is Oc1cc(F)cc(-n2cc(CC=C3CCCC3)cn2)c1. The van der Waals surface area contributed by atoms with Crippen LogP contribution in [0.25, 0.3) is 5.69 Å². The fraction of sp³-hybridized carbons (Fsp3) is 0.312. The minimum absolute atomic E-state index is 0.0925. The summed E-state index contributed by atoms with van der Waals surface area (Å²) >= 11 is 0. The van der Waals surface area contributed by atoms with Crippen LogP contribution in [0.5, 0.6) is 5.75 Å². The van der Waals surface area contributed by atoms with Crippen LogP contribution in [0.1, 0.15) is 31.2 Å². The van der Waals surface area contributed by atoms with Crippen LogP contribution in [0.4, 0.5) is 4.39 Å². The average molecular weight is 272 g/mol. The summed E-state index contributed by atoms with van der Waals surface area (Å²) in [4.78, 5) is 0. The second kappa shape index (κ2) is 5.49. The molecule has 1 aliphatic carbocycles. The Bertz CT molecular complexity index is 617. The number of hydrogen-bond acceptors (Lipinski definition) is 2. The van der Waals surface area contributed by atoms with E-state index in [4.69, 9.17) is 0 Å². The maximum Gasteiger partial charge on any atom is 0.129 e.